The zero-order valence-electron chi connectivity index (χ0n) is 9.48. The van der Waals surface area contributed by atoms with Crippen molar-refractivity contribution in [1.29, 1.82) is 0 Å². The molecule has 0 radical (unpaired) electrons. The largest absolute Gasteiger partial charge is 0.497 e. The summed E-state index contributed by atoms with van der Waals surface area (Å²) in [4.78, 5) is 4.21. The van der Waals surface area contributed by atoms with Crippen LogP contribution in [-0.4, -0.2) is 23.5 Å². The third-order valence-corrected chi connectivity index (χ3v) is 2.50. The van der Waals surface area contributed by atoms with Gasteiger partial charge in [-0.3, -0.25) is 0 Å². The smallest absolute Gasteiger partial charge is 0.330 e. The topological polar surface area (TPSA) is 54.7 Å². The molecule has 0 spiro atoms. The SMILES string of the molecule is [2H]ON=Cc1cc2cc(OC)ccc2nc1Cl. The minimum atomic E-state index is 0.309. The highest BCUT2D eigenvalue weighted by atomic mass is 35.5. The monoisotopic (exact) mass is 237 g/mol. The molecule has 0 bridgehead atoms. The molecule has 0 aliphatic heterocycles. The summed E-state index contributed by atoms with van der Waals surface area (Å²) in [6, 6.07) is 7.28. The van der Waals surface area contributed by atoms with Crippen molar-refractivity contribution in [2.75, 3.05) is 7.11 Å². The Hall–Kier alpha value is -1.81. The van der Waals surface area contributed by atoms with Gasteiger partial charge in [-0.1, -0.05) is 16.8 Å². The average molecular weight is 238 g/mol. The van der Waals surface area contributed by atoms with Gasteiger partial charge in [0.05, 0.1) is 18.8 Å². The van der Waals surface area contributed by atoms with Crippen molar-refractivity contribution in [2.24, 2.45) is 5.16 Å². The van der Waals surface area contributed by atoms with Crippen LogP contribution in [0.4, 0.5) is 0 Å². The van der Waals surface area contributed by atoms with Crippen LogP contribution in [0.5, 0.6) is 5.75 Å². The van der Waals surface area contributed by atoms with E-state index in [1.54, 1.807) is 13.2 Å². The Morgan fingerprint density at radius 2 is 2.44 bits per heavy atom. The maximum Gasteiger partial charge on any atom is 0.330 e. The molecule has 1 aromatic heterocycles. The van der Waals surface area contributed by atoms with Gasteiger partial charge >= 0.3 is 1.43 Å². The standard InChI is InChI=1S/C11H9ClN2O2/c1-16-9-2-3-10-7(5-9)4-8(6-13-15)11(12)14-10/h2-6,15H,1H3/i/hD. The van der Waals surface area contributed by atoms with Crippen LogP contribution < -0.4 is 4.74 Å². The summed E-state index contributed by atoms with van der Waals surface area (Å²) >= 11 is 5.96. The minimum absolute atomic E-state index is 0.309. The van der Waals surface area contributed by atoms with Crippen LogP contribution in [-0.2, 0) is 0 Å². The first-order valence-electron chi connectivity index (χ1n) is 4.95. The normalized spacial score (nSPS) is 11.8. The van der Waals surface area contributed by atoms with E-state index in [-0.39, 0.29) is 0 Å². The lowest BCUT2D eigenvalue weighted by Gasteiger charge is -2.04. The van der Waals surface area contributed by atoms with E-state index in [0.717, 1.165) is 16.7 Å². The van der Waals surface area contributed by atoms with Crippen molar-refractivity contribution in [3.05, 3.63) is 35.0 Å². The molecule has 5 heteroatoms. The highest BCUT2D eigenvalue weighted by Gasteiger charge is 2.04. The van der Waals surface area contributed by atoms with Crippen LogP contribution in [0.3, 0.4) is 0 Å². The van der Waals surface area contributed by atoms with Crippen molar-refractivity contribution in [2.45, 2.75) is 0 Å². The maximum atomic E-state index is 6.47. The van der Waals surface area contributed by atoms with Crippen LogP contribution in [0.25, 0.3) is 10.9 Å². The lowest BCUT2D eigenvalue weighted by Crippen LogP contribution is -1.90. The molecule has 0 saturated carbocycles. The summed E-state index contributed by atoms with van der Waals surface area (Å²) in [5.74, 6) is 0.737. The quantitative estimate of drug-likeness (QED) is 0.387. The lowest BCUT2D eigenvalue weighted by atomic mass is 10.1. The summed E-state index contributed by atoms with van der Waals surface area (Å²) in [6.45, 7) is 0. The van der Waals surface area contributed by atoms with Gasteiger partial charge < -0.3 is 9.95 Å². The molecule has 0 unspecified atom stereocenters. The molecular formula is C11H9ClN2O2. The Morgan fingerprint density at radius 3 is 3.19 bits per heavy atom. The Morgan fingerprint density at radius 1 is 1.56 bits per heavy atom. The second-order valence-corrected chi connectivity index (χ2v) is 3.52. The van der Waals surface area contributed by atoms with Gasteiger partial charge in [0.1, 0.15) is 10.9 Å². The van der Waals surface area contributed by atoms with E-state index in [9.17, 15) is 0 Å². The molecule has 4 nitrogen and oxygen atoms in total. The van der Waals surface area contributed by atoms with E-state index in [0.29, 0.717) is 10.7 Å². The van der Waals surface area contributed by atoms with Gasteiger partial charge in [-0.05, 0) is 24.3 Å². The highest BCUT2D eigenvalue weighted by molar-refractivity contribution is 6.32. The van der Waals surface area contributed by atoms with Crippen LogP contribution in [0.2, 0.25) is 6.58 Å². The number of halogens is 1. The predicted octanol–water partition coefficient (Wildman–Crippen LogP) is 2.70. The molecule has 2 aromatic rings. The summed E-state index contributed by atoms with van der Waals surface area (Å²) < 4.78 is 11.6. The van der Waals surface area contributed by atoms with Gasteiger partial charge in [0.2, 0.25) is 0 Å². The summed E-state index contributed by atoms with van der Waals surface area (Å²) in [5.41, 5.74) is 1.35. The molecule has 0 aliphatic rings. The summed E-state index contributed by atoms with van der Waals surface area (Å²) in [7, 11) is 1.60. The molecule has 1 N–H and O–H groups in total. The number of aromatic nitrogens is 1. The number of hydrogen-bond acceptors (Lipinski definition) is 4. The van der Waals surface area contributed by atoms with E-state index in [2.05, 4.69) is 15.3 Å². The van der Waals surface area contributed by atoms with Crippen molar-refractivity contribution in [3.63, 3.8) is 0 Å². The molecular weight excluding hydrogens is 228 g/mol. The number of nitrogens with zero attached hydrogens (tertiary/aromatic N) is 2. The fraction of sp³-hybridized carbons (Fsp3) is 0.0909. The molecule has 1 aromatic carbocycles. The fourth-order valence-electron chi connectivity index (χ4n) is 1.42. The van der Waals surface area contributed by atoms with E-state index >= 15 is 0 Å². The molecule has 0 saturated heterocycles. The Kier molecular flexibility index (Phi) is 2.57. The van der Waals surface area contributed by atoms with Gasteiger partial charge in [0.25, 0.3) is 0 Å². The van der Waals surface area contributed by atoms with Gasteiger partial charge in [0.15, 0.2) is 0 Å². The van der Waals surface area contributed by atoms with E-state index < -0.39 is 0 Å². The molecule has 1 heterocycles. The lowest BCUT2D eigenvalue weighted by molar-refractivity contribution is 0.322. The minimum Gasteiger partial charge on any atom is -0.497 e. The van der Waals surface area contributed by atoms with Crippen molar-refractivity contribution >= 4 is 28.7 Å². The van der Waals surface area contributed by atoms with E-state index in [1.807, 2.05) is 18.2 Å². The second-order valence-electron chi connectivity index (χ2n) is 3.16. The number of pyridine rings is 1. The number of methoxy groups -OCH3 is 1. The maximum absolute atomic E-state index is 6.47. The van der Waals surface area contributed by atoms with Crippen LogP contribution in [0.1, 0.15) is 5.56 Å². The number of fused-ring (bicyclic) bond motifs is 1. The molecule has 0 fully saturated rings. The number of benzene rings is 1. The van der Waals surface area contributed by atoms with Crippen LogP contribution >= 0.6 is 11.6 Å². The zero-order valence-corrected chi connectivity index (χ0v) is 9.23. The van der Waals surface area contributed by atoms with Crippen LogP contribution in [0, 0.1) is 0 Å². The van der Waals surface area contributed by atoms with Crippen molar-refractivity contribution in [3.8, 4) is 5.75 Å². The molecule has 2 rings (SSSR count). The van der Waals surface area contributed by atoms with Gasteiger partial charge in [-0.2, -0.15) is 0 Å². The Bertz CT molecular complexity index is 575. The number of rotatable bonds is 3. The molecule has 0 amide bonds. The first kappa shape index (κ1) is 9.42. The third-order valence-electron chi connectivity index (χ3n) is 2.19. The number of oxime groups is 1. The van der Waals surface area contributed by atoms with Crippen LogP contribution in [0.15, 0.2) is 29.4 Å². The zero-order chi connectivity index (χ0) is 12.3. The van der Waals surface area contributed by atoms with Crippen molar-refractivity contribution in [1.82, 2.24) is 4.98 Å². The van der Waals surface area contributed by atoms with Crippen molar-refractivity contribution < 1.29 is 11.4 Å². The van der Waals surface area contributed by atoms with Gasteiger partial charge in [-0.15, -0.1) is 0 Å². The van der Waals surface area contributed by atoms with E-state index in [4.69, 9.17) is 17.8 Å². The Balaban J connectivity index is 2.56. The first-order chi connectivity index (χ1) is 8.24. The predicted molar refractivity (Wildman–Crippen MR) is 62.7 cm³/mol. The molecule has 0 aliphatic carbocycles. The van der Waals surface area contributed by atoms with E-state index in [1.165, 1.54) is 6.21 Å². The summed E-state index contributed by atoms with van der Waals surface area (Å²) in [5, 5.41) is 8.39. The van der Waals surface area contributed by atoms with Gasteiger partial charge in [-0.25, -0.2) is 4.98 Å². The first-order valence-corrected chi connectivity index (χ1v) is 4.92. The Labute approximate surface area is 98.6 Å². The fourth-order valence-corrected chi connectivity index (χ4v) is 1.62. The molecule has 0 atom stereocenters. The number of hydrogen-bond donors (Lipinski definition) is 1. The summed E-state index contributed by atoms with van der Waals surface area (Å²) in [6.07, 6.45) is 1.33. The highest BCUT2D eigenvalue weighted by Crippen LogP contribution is 2.23. The number of ether oxygens (including phenoxy) is 1. The molecule has 82 valence electrons. The molecule has 16 heavy (non-hydrogen) atoms. The second kappa shape index (κ2) is 4.37. The van der Waals surface area contributed by atoms with Gasteiger partial charge in [0, 0.05) is 10.9 Å². The third kappa shape index (κ3) is 1.92. The average Bonchev–Trinajstić information content (AvgIpc) is 2.35.